The molecule has 0 amide bonds. The van der Waals surface area contributed by atoms with Gasteiger partial charge >= 0.3 is 0 Å². The van der Waals surface area contributed by atoms with Crippen molar-refractivity contribution in [2.24, 2.45) is 0 Å². The van der Waals surface area contributed by atoms with E-state index in [0.29, 0.717) is 24.2 Å². The molecular weight excluding hydrogens is 348 g/mol. The van der Waals surface area contributed by atoms with Gasteiger partial charge in [-0.15, -0.1) is 23.3 Å². The first-order valence-corrected chi connectivity index (χ1v) is 9.58. The molecule has 7 heteroatoms. The van der Waals surface area contributed by atoms with Crippen molar-refractivity contribution in [2.75, 3.05) is 0 Å². The van der Waals surface area contributed by atoms with Gasteiger partial charge in [0.25, 0.3) is 0 Å². The van der Waals surface area contributed by atoms with Gasteiger partial charge in [0.15, 0.2) is 5.78 Å². The summed E-state index contributed by atoms with van der Waals surface area (Å²) in [5.74, 6) is -0.0890. The predicted molar refractivity (Wildman–Crippen MR) is 106 cm³/mol. The summed E-state index contributed by atoms with van der Waals surface area (Å²) < 4.78 is 8.81. The Morgan fingerprint density at radius 2 is 1.65 bits per heavy atom. The van der Waals surface area contributed by atoms with Crippen molar-refractivity contribution in [3.8, 4) is 0 Å². The fraction of sp³-hybridized carbons (Fsp3) is 0.312. The van der Waals surface area contributed by atoms with Crippen molar-refractivity contribution in [3.05, 3.63) is 53.9 Å². The highest BCUT2D eigenvalue weighted by molar-refractivity contribution is 8.59. The van der Waals surface area contributed by atoms with Gasteiger partial charge in [0.1, 0.15) is 5.69 Å². The summed E-state index contributed by atoms with van der Waals surface area (Å²) >= 11 is 6.88. The van der Waals surface area contributed by atoms with Crippen LogP contribution in [0.15, 0.2) is 47.8 Å². The van der Waals surface area contributed by atoms with Crippen LogP contribution in [0.2, 0.25) is 0 Å². The molecule has 0 radical (unpaired) electrons. The highest BCUT2D eigenvalue weighted by atomic mass is 33.1. The van der Waals surface area contributed by atoms with Crippen molar-refractivity contribution in [1.82, 2.24) is 9.97 Å². The van der Waals surface area contributed by atoms with Crippen LogP contribution in [0, 0.1) is 0 Å². The zero-order valence-electron chi connectivity index (χ0n) is 13.8. The minimum absolute atomic E-state index is 0.0890. The Bertz CT molecular complexity index is 526. The second kappa shape index (κ2) is 17.3. The van der Waals surface area contributed by atoms with Crippen LogP contribution in [0.4, 0.5) is 0 Å². The van der Waals surface area contributed by atoms with E-state index in [4.69, 9.17) is 4.55 Å². The Morgan fingerprint density at radius 3 is 2.17 bits per heavy atom. The van der Waals surface area contributed by atoms with Gasteiger partial charge in [-0.2, -0.15) is 0 Å². The molecule has 2 rings (SSSR count). The SMILES string of the molecule is CC.CC.O=C(Cc1ccccc1)c1ccnc(SO)n1.SS. The van der Waals surface area contributed by atoms with Crippen LogP contribution >= 0.6 is 35.4 Å². The molecule has 1 aromatic carbocycles. The molecule has 0 saturated heterocycles. The molecule has 1 aromatic heterocycles. The number of hydrogen-bond donors (Lipinski definition) is 3. The minimum Gasteiger partial charge on any atom is -0.323 e. The first-order valence-electron chi connectivity index (χ1n) is 7.21. The minimum atomic E-state index is -0.0890. The normalized spacial score (nSPS) is 8.30. The number of rotatable bonds is 4. The zero-order valence-corrected chi connectivity index (χ0v) is 16.4. The molecule has 23 heavy (non-hydrogen) atoms. The van der Waals surface area contributed by atoms with Crippen LogP contribution in [0.1, 0.15) is 43.7 Å². The van der Waals surface area contributed by atoms with E-state index < -0.39 is 0 Å². The second-order valence-corrected chi connectivity index (χ2v) is 3.95. The number of benzene rings is 1. The number of thiol groups is 2. The highest BCUT2D eigenvalue weighted by Gasteiger charge is 2.09. The second-order valence-electron chi connectivity index (χ2n) is 3.40. The predicted octanol–water partition coefficient (Wildman–Crippen LogP) is 5.28. The maximum absolute atomic E-state index is 11.9. The van der Waals surface area contributed by atoms with E-state index in [9.17, 15) is 4.79 Å². The maximum Gasteiger partial charge on any atom is 0.215 e. The Morgan fingerprint density at radius 1 is 1.09 bits per heavy atom. The van der Waals surface area contributed by atoms with E-state index >= 15 is 0 Å². The van der Waals surface area contributed by atoms with Crippen LogP contribution in [0.3, 0.4) is 0 Å². The summed E-state index contributed by atoms with van der Waals surface area (Å²) in [4.78, 5) is 19.6. The molecule has 0 spiro atoms. The fourth-order valence-corrected chi connectivity index (χ4v) is 1.66. The van der Waals surface area contributed by atoms with Gasteiger partial charge in [-0.3, -0.25) is 4.79 Å². The molecule has 0 saturated carbocycles. The molecule has 0 aliphatic rings. The lowest BCUT2D eigenvalue weighted by molar-refractivity contribution is 0.0987. The van der Waals surface area contributed by atoms with Gasteiger partial charge in [0.2, 0.25) is 5.16 Å². The van der Waals surface area contributed by atoms with E-state index in [0.717, 1.165) is 5.56 Å². The summed E-state index contributed by atoms with van der Waals surface area (Å²) in [6.07, 6.45) is 1.76. The van der Waals surface area contributed by atoms with Gasteiger partial charge in [-0.1, -0.05) is 58.0 Å². The van der Waals surface area contributed by atoms with E-state index in [1.165, 1.54) is 6.20 Å². The van der Waals surface area contributed by atoms with Crippen molar-refractivity contribution in [1.29, 1.82) is 0 Å². The van der Waals surface area contributed by atoms with Crippen LogP contribution < -0.4 is 0 Å². The molecule has 4 nitrogen and oxygen atoms in total. The van der Waals surface area contributed by atoms with E-state index in [-0.39, 0.29) is 10.9 Å². The molecule has 128 valence electrons. The van der Waals surface area contributed by atoms with Crippen molar-refractivity contribution in [2.45, 2.75) is 39.3 Å². The topological polar surface area (TPSA) is 63.1 Å². The number of nitrogens with zero attached hydrogens (tertiary/aromatic N) is 2. The zero-order chi connectivity index (χ0) is 18.1. The molecule has 0 atom stereocenters. The quantitative estimate of drug-likeness (QED) is 0.224. The maximum atomic E-state index is 11.9. The van der Waals surface area contributed by atoms with Crippen molar-refractivity contribution in [3.63, 3.8) is 0 Å². The standard InChI is InChI=1S/C12H10N2O2S.2C2H6.H2S2/c15-11(8-9-4-2-1-3-5-9)10-6-7-13-12(14-10)17-16;3*1-2/h1-7,16H,8H2;2*1-2H3;1-2H. The third-order valence-corrected chi connectivity index (χ3v) is 2.57. The lowest BCUT2D eigenvalue weighted by Crippen LogP contribution is -2.06. The summed E-state index contributed by atoms with van der Waals surface area (Å²) in [5.41, 5.74) is 1.26. The first kappa shape index (κ1) is 24.2. The highest BCUT2D eigenvalue weighted by Crippen LogP contribution is 2.10. The van der Waals surface area contributed by atoms with Crippen molar-refractivity contribution < 1.29 is 9.35 Å². The monoisotopic (exact) mass is 372 g/mol. The largest absolute Gasteiger partial charge is 0.323 e. The molecule has 0 bridgehead atoms. The molecule has 0 unspecified atom stereocenters. The Balaban J connectivity index is 0. The van der Waals surface area contributed by atoms with Gasteiger partial charge in [0.05, 0.1) is 12.0 Å². The fourth-order valence-electron chi connectivity index (χ4n) is 1.41. The molecule has 1 heterocycles. The third-order valence-electron chi connectivity index (χ3n) is 2.21. The number of aromatic nitrogens is 2. The summed E-state index contributed by atoms with van der Waals surface area (Å²) in [6.45, 7) is 8.00. The molecule has 2 aromatic rings. The smallest absolute Gasteiger partial charge is 0.215 e. The first-order chi connectivity index (χ1) is 11.3. The average molecular weight is 373 g/mol. The van der Waals surface area contributed by atoms with Gasteiger partial charge < -0.3 is 4.55 Å². The van der Waals surface area contributed by atoms with Crippen LogP contribution in [0.5, 0.6) is 0 Å². The number of hydrogen-bond acceptors (Lipinski definition) is 7. The van der Waals surface area contributed by atoms with Gasteiger partial charge in [-0.25, -0.2) is 9.97 Å². The summed E-state index contributed by atoms with van der Waals surface area (Å²) in [7, 11) is 0. The number of ketones is 1. The Hall–Kier alpha value is -1.02. The number of Topliss-reactive ketones (excluding diaryl/α,β-unsaturated/α-hetero) is 1. The van der Waals surface area contributed by atoms with Crippen LogP contribution in [-0.2, 0) is 6.42 Å². The summed E-state index contributed by atoms with van der Waals surface area (Å²) in [6, 6.07) is 11.0. The van der Waals surface area contributed by atoms with Crippen LogP contribution in [-0.4, -0.2) is 20.3 Å². The Kier molecular flexibility index (Phi) is 18.3. The van der Waals surface area contributed by atoms with Crippen molar-refractivity contribution >= 4 is 41.1 Å². The molecule has 0 fully saturated rings. The lowest BCUT2D eigenvalue weighted by atomic mass is 10.1. The summed E-state index contributed by atoms with van der Waals surface area (Å²) in [5, 5.41) is 0.184. The lowest BCUT2D eigenvalue weighted by Gasteiger charge is -2.01. The van der Waals surface area contributed by atoms with Gasteiger partial charge in [-0.05, 0) is 11.6 Å². The number of carbonyl (C=O) groups is 1. The van der Waals surface area contributed by atoms with E-state index in [2.05, 4.69) is 33.3 Å². The number of carbonyl (C=O) groups excluding carboxylic acids is 1. The average Bonchev–Trinajstić information content (AvgIpc) is 2.67. The Labute approximate surface area is 153 Å². The van der Waals surface area contributed by atoms with E-state index in [1.54, 1.807) is 6.07 Å². The van der Waals surface area contributed by atoms with Gasteiger partial charge in [0, 0.05) is 12.6 Å². The molecule has 0 aliphatic heterocycles. The molecule has 0 aliphatic carbocycles. The third kappa shape index (κ3) is 10.4. The molecular formula is C16H24N2O2S3. The molecule has 1 N–H and O–H groups in total. The van der Waals surface area contributed by atoms with Crippen LogP contribution in [0.25, 0.3) is 0 Å². The van der Waals surface area contributed by atoms with E-state index in [1.807, 2.05) is 58.0 Å².